The quantitative estimate of drug-likeness (QED) is 0.573. The van der Waals surface area contributed by atoms with E-state index in [1.807, 2.05) is 43.1 Å². The van der Waals surface area contributed by atoms with Crippen molar-refractivity contribution in [3.8, 4) is 0 Å². The van der Waals surface area contributed by atoms with Crippen molar-refractivity contribution in [2.75, 3.05) is 20.2 Å². The molecular weight excluding hydrogens is 278 g/mol. The number of rotatable bonds is 7. The minimum absolute atomic E-state index is 0.0415. The molecule has 0 aliphatic rings. The highest BCUT2D eigenvalue weighted by atomic mass is 35.5. The minimum atomic E-state index is -0.471. The standard InChI is InChI=1S/C15H20ClNO3/c1-4-20-15(19)9-14(18)10-17(3)11(2)12-6-5-7-13(16)8-12/h5-8,11H,4,9-10H2,1-3H3. The smallest absolute Gasteiger partial charge is 0.313 e. The van der Waals surface area contributed by atoms with Crippen molar-refractivity contribution in [1.29, 1.82) is 0 Å². The average molecular weight is 298 g/mol. The molecule has 110 valence electrons. The van der Waals surface area contributed by atoms with Crippen LogP contribution in [0.3, 0.4) is 0 Å². The minimum Gasteiger partial charge on any atom is -0.466 e. The molecule has 1 atom stereocenters. The topological polar surface area (TPSA) is 46.6 Å². The molecule has 1 aromatic rings. The maximum absolute atomic E-state index is 11.8. The van der Waals surface area contributed by atoms with Crippen LogP contribution < -0.4 is 0 Å². The van der Waals surface area contributed by atoms with Crippen LogP contribution >= 0.6 is 11.6 Å². The molecule has 1 rings (SSSR count). The number of nitrogens with zero attached hydrogens (tertiary/aromatic N) is 1. The lowest BCUT2D eigenvalue weighted by Gasteiger charge is -2.24. The first kappa shape index (κ1) is 16.7. The van der Waals surface area contributed by atoms with Gasteiger partial charge in [-0.15, -0.1) is 0 Å². The Hall–Kier alpha value is -1.39. The van der Waals surface area contributed by atoms with Crippen LogP contribution in [-0.2, 0) is 14.3 Å². The van der Waals surface area contributed by atoms with E-state index < -0.39 is 5.97 Å². The summed E-state index contributed by atoms with van der Waals surface area (Å²) in [6, 6.07) is 7.56. The number of esters is 1. The Morgan fingerprint density at radius 1 is 1.40 bits per heavy atom. The maximum Gasteiger partial charge on any atom is 0.313 e. The third-order valence-corrected chi connectivity index (χ3v) is 3.30. The number of halogens is 1. The van der Waals surface area contributed by atoms with Crippen molar-refractivity contribution in [3.05, 3.63) is 34.9 Å². The summed E-state index contributed by atoms with van der Waals surface area (Å²) in [4.78, 5) is 24.9. The summed E-state index contributed by atoms with van der Waals surface area (Å²) in [5.41, 5.74) is 1.03. The monoisotopic (exact) mass is 297 g/mol. The van der Waals surface area contributed by atoms with Gasteiger partial charge in [-0.2, -0.15) is 0 Å². The molecular formula is C15H20ClNO3. The second-order valence-electron chi connectivity index (χ2n) is 4.67. The second-order valence-corrected chi connectivity index (χ2v) is 5.10. The lowest BCUT2D eigenvalue weighted by Crippen LogP contribution is -2.30. The lowest BCUT2D eigenvalue weighted by atomic mass is 10.1. The first-order chi connectivity index (χ1) is 9.43. The summed E-state index contributed by atoms with van der Waals surface area (Å²) in [5, 5.41) is 0.667. The summed E-state index contributed by atoms with van der Waals surface area (Å²) in [6.45, 7) is 4.20. The van der Waals surface area contributed by atoms with E-state index in [1.54, 1.807) is 6.92 Å². The van der Waals surface area contributed by atoms with Crippen LogP contribution in [0.15, 0.2) is 24.3 Å². The van der Waals surface area contributed by atoms with E-state index in [4.69, 9.17) is 16.3 Å². The molecule has 0 amide bonds. The number of ketones is 1. The van der Waals surface area contributed by atoms with Crippen LogP contribution in [0, 0.1) is 0 Å². The van der Waals surface area contributed by atoms with E-state index in [0.29, 0.717) is 11.6 Å². The molecule has 4 nitrogen and oxygen atoms in total. The van der Waals surface area contributed by atoms with Gasteiger partial charge >= 0.3 is 5.97 Å². The summed E-state index contributed by atoms with van der Waals surface area (Å²) < 4.78 is 4.76. The Labute approximate surface area is 124 Å². The number of carbonyl (C=O) groups excluding carboxylic acids is 2. The van der Waals surface area contributed by atoms with Gasteiger partial charge in [0.2, 0.25) is 0 Å². The zero-order valence-corrected chi connectivity index (χ0v) is 12.8. The van der Waals surface area contributed by atoms with E-state index >= 15 is 0 Å². The zero-order valence-electron chi connectivity index (χ0n) is 12.1. The Morgan fingerprint density at radius 2 is 2.10 bits per heavy atom. The van der Waals surface area contributed by atoms with Gasteiger partial charge in [0.15, 0.2) is 5.78 Å². The van der Waals surface area contributed by atoms with Gasteiger partial charge in [-0.25, -0.2) is 0 Å². The molecule has 5 heteroatoms. The fourth-order valence-electron chi connectivity index (χ4n) is 1.86. The van der Waals surface area contributed by atoms with Crippen LogP contribution in [0.4, 0.5) is 0 Å². The molecule has 0 aliphatic carbocycles. The molecule has 0 saturated carbocycles. The number of likely N-dealkylation sites (N-methyl/N-ethyl adjacent to an activating group) is 1. The molecule has 0 fully saturated rings. The van der Waals surface area contributed by atoms with Crippen LogP contribution in [0.2, 0.25) is 5.02 Å². The van der Waals surface area contributed by atoms with E-state index in [-0.39, 0.29) is 24.8 Å². The van der Waals surface area contributed by atoms with E-state index in [9.17, 15) is 9.59 Å². The number of carbonyl (C=O) groups is 2. The molecule has 0 aromatic heterocycles. The summed E-state index contributed by atoms with van der Waals surface area (Å²) in [5.74, 6) is -0.624. The number of ether oxygens (including phenoxy) is 1. The normalized spacial score (nSPS) is 12.2. The SMILES string of the molecule is CCOC(=O)CC(=O)CN(C)C(C)c1cccc(Cl)c1. The predicted octanol–water partition coefficient (Wildman–Crippen LogP) is 2.86. The molecule has 0 spiro atoms. The zero-order chi connectivity index (χ0) is 15.1. The fourth-order valence-corrected chi connectivity index (χ4v) is 2.06. The summed E-state index contributed by atoms with van der Waals surface area (Å²) in [7, 11) is 1.84. The molecule has 0 radical (unpaired) electrons. The van der Waals surface area contributed by atoms with Gasteiger partial charge < -0.3 is 4.74 Å². The van der Waals surface area contributed by atoms with Gasteiger partial charge in [0.1, 0.15) is 6.42 Å². The van der Waals surface area contributed by atoms with Gasteiger partial charge in [0.05, 0.1) is 13.2 Å². The average Bonchev–Trinajstić information content (AvgIpc) is 2.37. The van der Waals surface area contributed by atoms with Gasteiger partial charge in [0.25, 0.3) is 0 Å². The van der Waals surface area contributed by atoms with Crippen molar-refractivity contribution in [3.63, 3.8) is 0 Å². The highest BCUT2D eigenvalue weighted by Gasteiger charge is 2.17. The van der Waals surface area contributed by atoms with Crippen molar-refractivity contribution < 1.29 is 14.3 Å². The van der Waals surface area contributed by atoms with Crippen molar-refractivity contribution in [1.82, 2.24) is 4.90 Å². The molecule has 0 bridgehead atoms. The largest absolute Gasteiger partial charge is 0.466 e. The molecule has 0 heterocycles. The molecule has 20 heavy (non-hydrogen) atoms. The Kier molecular flexibility index (Phi) is 6.68. The first-order valence-corrected chi connectivity index (χ1v) is 6.94. The number of hydrogen-bond acceptors (Lipinski definition) is 4. The van der Waals surface area contributed by atoms with Crippen LogP contribution in [0.5, 0.6) is 0 Å². The van der Waals surface area contributed by atoms with E-state index in [2.05, 4.69) is 0 Å². The molecule has 0 aliphatic heterocycles. The van der Waals surface area contributed by atoms with Crippen molar-refractivity contribution in [2.24, 2.45) is 0 Å². The van der Waals surface area contributed by atoms with Gasteiger partial charge in [-0.05, 0) is 38.6 Å². The summed E-state index contributed by atoms with van der Waals surface area (Å²) >= 11 is 5.96. The van der Waals surface area contributed by atoms with Gasteiger partial charge in [-0.1, -0.05) is 23.7 Å². The van der Waals surface area contributed by atoms with Crippen molar-refractivity contribution >= 4 is 23.4 Å². The van der Waals surface area contributed by atoms with E-state index in [1.165, 1.54) is 0 Å². The highest BCUT2D eigenvalue weighted by molar-refractivity contribution is 6.30. The third kappa shape index (κ3) is 5.31. The van der Waals surface area contributed by atoms with E-state index in [0.717, 1.165) is 5.56 Å². The number of hydrogen-bond donors (Lipinski definition) is 0. The Morgan fingerprint density at radius 3 is 2.70 bits per heavy atom. The maximum atomic E-state index is 11.8. The lowest BCUT2D eigenvalue weighted by molar-refractivity contribution is -0.145. The fraction of sp³-hybridized carbons (Fsp3) is 0.467. The van der Waals surface area contributed by atoms with Gasteiger partial charge in [0, 0.05) is 11.1 Å². The van der Waals surface area contributed by atoms with Gasteiger partial charge in [-0.3, -0.25) is 14.5 Å². The molecule has 0 N–H and O–H groups in total. The van der Waals surface area contributed by atoms with Crippen LogP contribution in [0.25, 0.3) is 0 Å². The molecule has 1 unspecified atom stereocenters. The van der Waals surface area contributed by atoms with Crippen molar-refractivity contribution in [2.45, 2.75) is 26.3 Å². The third-order valence-electron chi connectivity index (χ3n) is 3.06. The molecule has 0 saturated heterocycles. The van der Waals surface area contributed by atoms with Crippen LogP contribution in [-0.4, -0.2) is 36.9 Å². The van der Waals surface area contributed by atoms with Crippen LogP contribution in [0.1, 0.15) is 31.9 Å². The predicted molar refractivity (Wildman–Crippen MR) is 78.8 cm³/mol. The number of Topliss-reactive ketones (excluding diaryl/α,β-unsaturated/α-hetero) is 1. The number of benzene rings is 1. The highest BCUT2D eigenvalue weighted by Crippen LogP contribution is 2.21. The summed E-state index contributed by atoms with van der Waals surface area (Å²) in [6.07, 6.45) is -0.180. The molecule has 1 aromatic carbocycles. The second kappa shape index (κ2) is 8.02. The Bertz CT molecular complexity index is 476. The Balaban J connectivity index is 2.55. The first-order valence-electron chi connectivity index (χ1n) is 6.57.